The van der Waals surface area contributed by atoms with Crippen molar-refractivity contribution in [2.24, 2.45) is 0 Å². The molecule has 0 aromatic carbocycles. The van der Waals surface area contributed by atoms with Crippen LogP contribution in [0.3, 0.4) is 0 Å². The molecule has 3 heterocycles. The molecule has 0 unspecified atom stereocenters. The first-order valence-corrected chi connectivity index (χ1v) is 10.6. The number of fused-ring (bicyclic) bond motifs is 1. The zero-order chi connectivity index (χ0) is 18.8. The number of nitriles is 1. The maximum absolute atomic E-state index is 9.02. The Balaban J connectivity index is 1.35. The Kier molecular flexibility index (Phi) is 5.67. The van der Waals surface area contributed by atoms with E-state index in [4.69, 9.17) is 9.68 Å². The van der Waals surface area contributed by atoms with Crippen molar-refractivity contribution in [3.05, 3.63) is 22.5 Å². The van der Waals surface area contributed by atoms with Crippen molar-refractivity contribution in [1.82, 2.24) is 15.2 Å². The number of aromatic nitrogens is 1. The highest BCUT2D eigenvalue weighted by molar-refractivity contribution is 9.10. The maximum atomic E-state index is 9.02. The first-order valence-electron chi connectivity index (χ1n) is 9.84. The van der Waals surface area contributed by atoms with Crippen molar-refractivity contribution in [2.75, 3.05) is 25.5 Å². The van der Waals surface area contributed by atoms with Gasteiger partial charge in [0.2, 0.25) is 5.76 Å². The van der Waals surface area contributed by atoms with Gasteiger partial charge in [-0.3, -0.25) is 0 Å². The average Bonchev–Trinajstić information content (AvgIpc) is 3.15. The number of likely N-dealkylation sites (tertiary alicyclic amines) is 1. The Labute approximate surface area is 168 Å². The van der Waals surface area contributed by atoms with Crippen LogP contribution in [-0.2, 0) is 0 Å². The predicted octanol–water partition coefficient (Wildman–Crippen LogP) is 3.87. The van der Waals surface area contributed by atoms with Crippen LogP contribution in [0.15, 0.2) is 21.2 Å². The molecule has 0 atom stereocenters. The Morgan fingerprint density at radius 3 is 2.59 bits per heavy atom. The molecule has 2 aromatic heterocycles. The van der Waals surface area contributed by atoms with E-state index in [0.29, 0.717) is 23.4 Å². The minimum atomic E-state index is 0.312. The summed E-state index contributed by atoms with van der Waals surface area (Å²) in [5.41, 5.74) is 0.637. The van der Waals surface area contributed by atoms with Gasteiger partial charge in [-0.05, 0) is 74.6 Å². The largest absolute Gasteiger partial charge is 0.444 e. The van der Waals surface area contributed by atoms with Crippen LogP contribution in [0.25, 0.3) is 11.0 Å². The molecular weight excluding hydrogens is 406 g/mol. The molecule has 0 radical (unpaired) electrons. The van der Waals surface area contributed by atoms with Crippen LogP contribution in [0.5, 0.6) is 0 Å². The lowest BCUT2D eigenvalue weighted by Gasteiger charge is -2.41. The van der Waals surface area contributed by atoms with Gasteiger partial charge in [0.15, 0.2) is 5.58 Å². The summed E-state index contributed by atoms with van der Waals surface area (Å²) in [7, 11) is 2.07. The average molecular weight is 432 g/mol. The number of rotatable bonds is 4. The lowest BCUT2D eigenvalue weighted by Crippen LogP contribution is -2.47. The van der Waals surface area contributed by atoms with Gasteiger partial charge in [-0.2, -0.15) is 5.26 Å². The molecule has 2 N–H and O–H groups in total. The highest BCUT2D eigenvalue weighted by Gasteiger charge is 2.29. The number of hydrogen-bond donors (Lipinski definition) is 2. The summed E-state index contributed by atoms with van der Waals surface area (Å²) in [5, 5.41) is 16.9. The summed E-state index contributed by atoms with van der Waals surface area (Å²) in [6.07, 6.45) is 9.04. The minimum absolute atomic E-state index is 0.312. The number of nitrogens with one attached hydrogen (secondary N) is 2. The van der Waals surface area contributed by atoms with Crippen LogP contribution < -0.4 is 10.6 Å². The Hall–Kier alpha value is -1.62. The highest BCUT2D eigenvalue weighted by Crippen LogP contribution is 2.34. The predicted molar refractivity (Wildman–Crippen MR) is 110 cm³/mol. The summed E-state index contributed by atoms with van der Waals surface area (Å²) >= 11 is 3.63. The van der Waals surface area contributed by atoms with Gasteiger partial charge in [-0.15, -0.1) is 0 Å². The van der Waals surface area contributed by atoms with Crippen LogP contribution in [0.2, 0.25) is 0 Å². The molecule has 0 amide bonds. The van der Waals surface area contributed by atoms with Gasteiger partial charge in [0.1, 0.15) is 11.9 Å². The van der Waals surface area contributed by atoms with E-state index in [0.717, 1.165) is 34.6 Å². The molecule has 7 heteroatoms. The second-order valence-corrected chi connectivity index (χ2v) is 8.46. The van der Waals surface area contributed by atoms with Crippen LogP contribution in [0.4, 0.5) is 5.82 Å². The van der Waals surface area contributed by atoms with Gasteiger partial charge >= 0.3 is 0 Å². The van der Waals surface area contributed by atoms with Crippen molar-refractivity contribution < 1.29 is 4.42 Å². The molecule has 1 saturated carbocycles. The summed E-state index contributed by atoms with van der Waals surface area (Å²) in [6, 6.07) is 5.67. The number of anilines is 1. The number of piperidine rings is 1. The molecule has 1 saturated heterocycles. The van der Waals surface area contributed by atoms with Gasteiger partial charge in [0.25, 0.3) is 0 Å². The topological polar surface area (TPSA) is 77.1 Å². The molecule has 6 nitrogen and oxygen atoms in total. The Morgan fingerprint density at radius 2 is 1.93 bits per heavy atom. The SMILES string of the molecule is CNC1CCN(C2CCC(Nc3ncc4oc(C#N)cc4c3Br)CC2)CC1. The summed E-state index contributed by atoms with van der Waals surface area (Å²) in [4.78, 5) is 7.19. The fourth-order valence-corrected chi connectivity index (χ4v) is 4.99. The van der Waals surface area contributed by atoms with Crippen molar-refractivity contribution in [2.45, 2.75) is 56.7 Å². The molecular formula is C20H26BrN5O. The van der Waals surface area contributed by atoms with E-state index in [-0.39, 0.29) is 0 Å². The molecule has 1 aliphatic heterocycles. The third-order valence-electron chi connectivity index (χ3n) is 6.12. The lowest BCUT2D eigenvalue weighted by molar-refractivity contribution is 0.115. The molecule has 2 fully saturated rings. The Bertz CT molecular complexity index is 829. The van der Waals surface area contributed by atoms with E-state index >= 15 is 0 Å². The highest BCUT2D eigenvalue weighted by atomic mass is 79.9. The number of nitrogens with zero attached hydrogens (tertiary/aromatic N) is 3. The quantitative estimate of drug-likeness (QED) is 0.764. The number of furan rings is 1. The summed E-state index contributed by atoms with van der Waals surface area (Å²) in [5.74, 6) is 1.15. The molecule has 1 aliphatic carbocycles. The van der Waals surface area contributed by atoms with Crippen molar-refractivity contribution in [3.8, 4) is 6.07 Å². The van der Waals surface area contributed by atoms with Gasteiger partial charge < -0.3 is 20.0 Å². The second kappa shape index (κ2) is 8.17. The fraction of sp³-hybridized carbons (Fsp3) is 0.600. The lowest BCUT2D eigenvalue weighted by atomic mass is 9.88. The first-order chi connectivity index (χ1) is 13.2. The van der Waals surface area contributed by atoms with E-state index in [1.54, 1.807) is 12.3 Å². The van der Waals surface area contributed by atoms with Crippen LogP contribution in [0.1, 0.15) is 44.3 Å². The molecule has 2 aliphatic rings. The zero-order valence-electron chi connectivity index (χ0n) is 15.7. The van der Waals surface area contributed by atoms with Gasteiger partial charge in [0, 0.05) is 29.6 Å². The smallest absolute Gasteiger partial charge is 0.204 e. The van der Waals surface area contributed by atoms with Crippen molar-refractivity contribution in [1.29, 1.82) is 5.26 Å². The standard InChI is InChI=1S/C20H26BrN5O/c1-23-13-6-8-26(9-7-13)15-4-2-14(3-5-15)25-20-19(21)17-10-16(11-22)27-18(17)12-24-20/h10,12-15,23H,2-9H2,1H3,(H,24,25). The van der Waals surface area contributed by atoms with Crippen molar-refractivity contribution in [3.63, 3.8) is 0 Å². The van der Waals surface area contributed by atoms with Gasteiger partial charge in [-0.1, -0.05) is 0 Å². The first kappa shape index (κ1) is 18.7. The van der Waals surface area contributed by atoms with Gasteiger partial charge in [-0.25, -0.2) is 4.98 Å². The van der Waals surface area contributed by atoms with Crippen LogP contribution in [-0.4, -0.2) is 48.1 Å². The maximum Gasteiger partial charge on any atom is 0.204 e. The van der Waals surface area contributed by atoms with E-state index < -0.39 is 0 Å². The fourth-order valence-electron chi connectivity index (χ4n) is 4.47. The van der Waals surface area contributed by atoms with Crippen molar-refractivity contribution >= 4 is 32.7 Å². The van der Waals surface area contributed by atoms with Crippen LogP contribution >= 0.6 is 15.9 Å². The molecule has 4 rings (SSSR count). The molecule has 27 heavy (non-hydrogen) atoms. The van der Waals surface area contributed by atoms with E-state index in [2.05, 4.69) is 43.5 Å². The Morgan fingerprint density at radius 1 is 1.19 bits per heavy atom. The molecule has 144 valence electrons. The summed E-state index contributed by atoms with van der Waals surface area (Å²) in [6.45, 7) is 2.44. The van der Waals surface area contributed by atoms with Crippen LogP contribution in [0, 0.1) is 11.3 Å². The zero-order valence-corrected chi connectivity index (χ0v) is 17.3. The van der Waals surface area contributed by atoms with Gasteiger partial charge in [0.05, 0.1) is 10.7 Å². The third-order valence-corrected chi connectivity index (χ3v) is 6.92. The molecule has 0 bridgehead atoms. The minimum Gasteiger partial charge on any atom is -0.444 e. The van der Waals surface area contributed by atoms with E-state index in [9.17, 15) is 0 Å². The summed E-state index contributed by atoms with van der Waals surface area (Å²) < 4.78 is 6.32. The third kappa shape index (κ3) is 3.98. The van der Waals surface area contributed by atoms with E-state index in [1.165, 1.54) is 38.8 Å². The molecule has 2 aromatic rings. The normalized spacial score (nSPS) is 24.8. The number of pyridine rings is 1. The number of halogens is 1. The second-order valence-electron chi connectivity index (χ2n) is 7.67. The monoisotopic (exact) mass is 431 g/mol. The number of hydrogen-bond acceptors (Lipinski definition) is 6. The molecule has 0 spiro atoms. The van der Waals surface area contributed by atoms with E-state index in [1.807, 2.05) is 6.07 Å².